The lowest BCUT2D eigenvalue weighted by molar-refractivity contribution is 1.24. The van der Waals surface area contributed by atoms with Gasteiger partial charge in [-0.3, -0.25) is 0 Å². The molecule has 0 aliphatic heterocycles. The number of hydrogen-bond acceptors (Lipinski definition) is 3. The van der Waals surface area contributed by atoms with E-state index in [1.807, 2.05) is 54.6 Å². The summed E-state index contributed by atoms with van der Waals surface area (Å²) in [6.07, 6.45) is 0. The highest BCUT2D eigenvalue weighted by Gasteiger charge is 2.14. The molecule has 0 unspecified atom stereocenters. The summed E-state index contributed by atoms with van der Waals surface area (Å²) in [6.45, 7) is 0. The summed E-state index contributed by atoms with van der Waals surface area (Å²) in [5.41, 5.74) is 7.58. The lowest BCUT2D eigenvalue weighted by atomic mass is 10.1. The van der Waals surface area contributed by atoms with Gasteiger partial charge in [0.2, 0.25) is 0 Å². The van der Waals surface area contributed by atoms with Crippen molar-refractivity contribution in [3.63, 3.8) is 0 Å². The average Bonchev–Trinajstić information content (AvgIpc) is 3.47. The molecule has 0 atom stereocenters. The van der Waals surface area contributed by atoms with Gasteiger partial charge >= 0.3 is 0 Å². The first-order valence-electron chi connectivity index (χ1n) is 11.6. The van der Waals surface area contributed by atoms with Gasteiger partial charge in [-0.1, -0.05) is 66.7 Å². The number of azo groups is 1. The molecule has 5 heteroatoms. The highest BCUT2D eigenvalue weighted by molar-refractivity contribution is 6.13. The quantitative estimate of drug-likeness (QED) is 0.229. The summed E-state index contributed by atoms with van der Waals surface area (Å²) < 4.78 is 0. The minimum Gasteiger partial charge on any atom is -0.354 e. The Morgan fingerprint density at radius 2 is 1.11 bits per heavy atom. The van der Waals surface area contributed by atoms with Crippen LogP contribution in [0.25, 0.3) is 43.6 Å². The Kier molecular flexibility index (Phi) is 4.39. The van der Waals surface area contributed by atoms with E-state index < -0.39 is 0 Å². The van der Waals surface area contributed by atoms with Crippen molar-refractivity contribution in [1.82, 2.24) is 9.97 Å². The second-order valence-electron chi connectivity index (χ2n) is 8.62. The van der Waals surface area contributed by atoms with Crippen molar-refractivity contribution in [3.05, 3.63) is 109 Å². The Labute approximate surface area is 201 Å². The van der Waals surface area contributed by atoms with Crippen molar-refractivity contribution >= 4 is 66.4 Å². The number of fused-ring (bicyclic) bond motifs is 6. The maximum atomic E-state index is 4.83. The summed E-state index contributed by atoms with van der Waals surface area (Å²) in [6, 6.07) is 37.1. The number of anilines is 2. The third-order valence-corrected chi connectivity index (χ3v) is 6.48. The van der Waals surface area contributed by atoms with Gasteiger partial charge in [0, 0.05) is 38.3 Å². The molecule has 0 aliphatic rings. The Morgan fingerprint density at radius 3 is 1.89 bits per heavy atom. The van der Waals surface area contributed by atoms with E-state index >= 15 is 0 Å². The maximum absolute atomic E-state index is 4.83. The number of benzene rings is 5. The van der Waals surface area contributed by atoms with E-state index in [9.17, 15) is 0 Å². The fourth-order valence-corrected chi connectivity index (χ4v) is 4.83. The van der Waals surface area contributed by atoms with Crippen molar-refractivity contribution < 1.29 is 0 Å². The highest BCUT2D eigenvalue weighted by Crippen LogP contribution is 2.40. The first kappa shape index (κ1) is 19.6. The predicted octanol–water partition coefficient (Wildman–Crippen LogP) is 9.11. The zero-order valence-corrected chi connectivity index (χ0v) is 18.8. The van der Waals surface area contributed by atoms with Gasteiger partial charge in [0.05, 0.1) is 16.7 Å². The second kappa shape index (κ2) is 7.85. The largest absolute Gasteiger partial charge is 0.354 e. The van der Waals surface area contributed by atoms with Crippen LogP contribution in [0.15, 0.2) is 119 Å². The smallest absolute Gasteiger partial charge is 0.133 e. The number of rotatable bonds is 4. The molecule has 0 aliphatic carbocycles. The molecule has 0 saturated heterocycles. The van der Waals surface area contributed by atoms with Crippen LogP contribution in [0, 0.1) is 0 Å². The van der Waals surface area contributed by atoms with Gasteiger partial charge in [-0.15, -0.1) is 10.2 Å². The topological polar surface area (TPSA) is 68.3 Å². The van der Waals surface area contributed by atoms with Gasteiger partial charge in [0.1, 0.15) is 11.4 Å². The van der Waals surface area contributed by atoms with E-state index in [1.165, 1.54) is 10.8 Å². The first-order chi connectivity index (χ1) is 17.3. The van der Waals surface area contributed by atoms with Gasteiger partial charge < -0.3 is 15.3 Å². The molecular formula is C30H21N5. The molecule has 5 nitrogen and oxygen atoms in total. The van der Waals surface area contributed by atoms with Crippen LogP contribution in [0.5, 0.6) is 0 Å². The van der Waals surface area contributed by atoms with Crippen LogP contribution >= 0.6 is 0 Å². The Bertz CT molecular complexity index is 1880. The lowest BCUT2D eigenvalue weighted by Gasteiger charge is -2.10. The standard InChI is InChI=1S/C30H21N5/c1-2-9-19(10-3-1)31-26-18-17-23-21-12-5-7-15-25(21)33-29(23)30(26)35-34-27-16-8-13-22-20-11-4-6-14-24(20)32-28(22)27/h1-18,31-33H. The minimum atomic E-state index is 0.774. The number of H-pyrrole nitrogens is 2. The molecule has 5 aromatic carbocycles. The van der Waals surface area contributed by atoms with Gasteiger partial charge in [0.15, 0.2) is 0 Å². The molecule has 166 valence electrons. The van der Waals surface area contributed by atoms with Crippen molar-refractivity contribution in [1.29, 1.82) is 0 Å². The second-order valence-corrected chi connectivity index (χ2v) is 8.62. The number of nitrogens with zero attached hydrogens (tertiary/aromatic N) is 2. The molecule has 2 aromatic heterocycles. The summed E-state index contributed by atoms with van der Waals surface area (Å²) in [7, 11) is 0. The Morgan fingerprint density at radius 1 is 0.486 bits per heavy atom. The van der Waals surface area contributed by atoms with Crippen molar-refractivity contribution in [2.75, 3.05) is 5.32 Å². The number of aromatic amines is 2. The summed E-state index contributed by atoms with van der Waals surface area (Å²) in [5, 5.41) is 17.7. The average molecular weight is 452 g/mol. The number of nitrogens with one attached hydrogen (secondary N) is 3. The van der Waals surface area contributed by atoms with Crippen molar-refractivity contribution in [2.24, 2.45) is 10.2 Å². The fraction of sp³-hybridized carbons (Fsp3) is 0. The highest BCUT2D eigenvalue weighted by atomic mass is 15.1. The third-order valence-electron chi connectivity index (χ3n) is 6.48. The van der Waals surface area contributed by atoms with E-state index in [-0.39, 0.29) is 0 Å². The van der Waals surface area contributed by atoms with Gasteiger partial charge in [0.25, 0.3) is 0 Å². The minimum absolute atomic E-state index is 0.774. The summed E-state index contributed by atoms with van der Waals surface area (Å²) in [5.74, 6) is 0. The van der Waals surface area contributed by atoms with Crippen LogP contribution in [-0.4, -0.2) is 9.97 Å². The Balaban J connectivity index is 1.43. The normalized spacial score (nSPS) is 11.9. The van der Waals surface area contributed by atoms with Gasteiger partial charge in [-0.25, -0.2) is 0 Å². The molecule has 0 amide bonds. The van der Waals surface area contributed by atoms with Crippen LogP contribution in [0.4, 0.5) is 22.7 Å². The molecule has 0 fully saturated rings. The Hall–Kier alpha value is -4.90. The summed E-state index contributed by atoms with van der Waals surface area (Å²) >= 11 is 0. The molecule has 2 heterocycles. The monoisotopic (exact) mass is 451 g/mol. The fourth-order valence-electron chi connectivity index (χ4n) is 4.83. The van der Waals surface area contributed by atoms with Crippen LogP contribution in [0.1, 0.15) is 0 Å². The SMILES string of the molecule is c1ccc(Nc2ccc3c([nH]c4ccccc43)c2N=Nc2cccc3c2[nH]c2ccccc23)cc1. The predicted molar refractivity (Wildman–Crippen MR) is 146 cm³/mol. The lowest BCUT2D eigenvalue weighted by Crippen LogP contribution is -1.90. The third kappa shape index (κ3) is 3.25. The van der Waals surface area contributed by atoms with Crippen molar-refractivity contribution in [2.45, 2.75) is 0 Å². The number of para-hydroxylation sites is 4. The first-order valence-corrected chi connectivity index (χ1v) is 11.6. The molecule has 35 heavy (non-hydrogen) atoms. The van der Waals surface area contributed by atoms with Crippen LogP contribution in [-0.2, 0) is 0 Å². The van der Waals surface area contributed by atoms with E-state index in [0.717, 1.165) is 55.6 Å². The van der Waals surface area contributed by atoms with Crippen molar-refractivity contribution in [3.8, 4) is 0 Å². The molecule has 0 spiro atoms. The molecule has 3 N–H and O–H groups in total. The number of hydrogen-bond donors (Lipinski definition) is 3. The maximum Gasteiger partial charge on any atom is 0.133 e. The zero-order chi connectivity index (χ0) is 23.2. The van der Waals surface area contributed by atoms with Gasteiger partial charge in [-0.2, -0.15) is 0 Å². The van der Waals surface area contributed by atoms with Crippen LogP contribution in [0.3, 0.4) is 0 Å². The van der Waals surface area contributed by atoms with E-state index in [4.69, 9.17) is 10.2 Å². The van der Waals surface area contributed by atoms with E-state index in [2.05, 4.69) is 69.9 Å². The zero-order valence-electron chi connectivity index (χ0n) is 18.8. The molecule has 0 saturated carbocycles. The molecule has 7 rings (SSSR count). The molecule has 0 bridgehead atoms. The van der Waals surface area contributed by atoms with Crippen LogP contribution in [0.2, 0.25) is 0 Å². The van der Waals surface area contributed by atoms with E-state index in [0.29, 0.717) is 0 Å². The van der Waals surface area contributed by atoms with Gasteiger partial charge in [-0.05, 0) is 42.5 Å². The summed E-state index contributed by atoms with van der Waals surface area (Å²) in [4.78, 5) is 7.08. The molecule has 7 aromatic rings. The molecule has 0 radical (unpaired) electrons. The number of aromatic nitrogens is 2. The van der Waals surface area contributed by atoms with Crippen LogP contribution < -0.4 is 5.32 Å². The molecular weight excluding hydrogens is 430 g/mol. The van der Waals surface area contributed by atoms with E-state index in [1.54, 1.807) is 0 Å².